The van der Waals surface area contributed by atoms with Gasteiger partial charge in [-0.1, -0.05) is 6.07 Å². The van der Waals surface area contributed by atoms with Gasteiger partial charge in [-0.25, -0.2) is 4.39 Å². The predicted octanol–water partition coefficient (Wildman–Crippen LogP) is 2.76. The highest BCUT2D eigenvalue weighted by Crippen LogP contribution is 2.33. The molecular weight excluding hydrogens is 195 g/mol. The lowest BCUT2D eigenvalue weighted by molar-refractivity contribution is -0.120. The lowest BCUT2D eigenvalue weighted by atomic mass is 9.83. The highest BCUT2D eigenvalue weighted by molar-refractivity contribution is 5.79. The number of ketones is 1. The van der Waals surface area contributed by atoms with Gasteiger partial charge in [0.25, 0.3) is 0 Å². The fourth-order valence-corrected chi connectivity index (χ4v) is 2.10. The van der Waals surface area contributed by atoms with E-state index in [2.05, 4.69) is 0 Å². The lowest BCUT2D eigenvalue weighted by Crippen LogP contribution is -2.13. The number of hydrogen-bond donors (Lipinski definition) is 1. The number of aromatic hydroxyl groups is 1. The van der Waals surface area contributed by atoms with Gasteiger partial charge in [0.05, 0.1) is 0 Å². The number of benzene rings is 1. The summed E-state index contributed by atoms with van der Waals surface area (Å²) in [6, 6.07) is 4.24. The molecule has 0 unspecified atom stereocenters. The zero-order valence-corrected chi connectivity index (χ0v) is 8.37. The van der Waals surface area contributed by atoms with Crippen LogP contribution in [0.15, 0.2) is 18.2 Å². The van der Waals surface area contributed by atoms with Crippen molar-refractivity contribution in [3.8, 4) is 5.75 Å². The largest absolute Gasteiger partial charge is 0.508 e. The van der Waals surface area contributed by atoms with Crippen LogP contribution in [0.3, 0.4) is 0 Å². The Morgan fingerprint density at radius 1 is 1.27 bits per heavy atom. The number of Topliss-reactive ketones (excluding diaryl/α,β-unsaturated/α-hetero) is 1. The third kappa shape index (κ3) is 2.17. The Morgan fingerprint density at radius 3 is 2.53 bits per heavy atom. The van der Waals surface area contributed by atoms with E-state index in [-0.39, 0.29) is 23.3 Å². The molecule has 1 N–H and O–H groups in total. The Hall–Kier alpha value is -1.38. The second-order valence-electron chi connectivity index (χ2n) is 4.02. The van der Waals surface area contributed by atoms with Crippen LogP contribution in [0.25, 0.3) is 0 Å². The summed E-state index contributed by atoms with van der Waals surface area (Å²) < 4.78 is 13.5. The van der Waals surface area contributed by atoms with Gasteiger partial charge in [-0.15, -0.1) is 0 Å². The Labute approximate surface area is 87.7 Å². The van der Waals surface area contributed by atoms with Crippen molar-refractivity contribution in [2.45, 2.75) is 31.6 Å². The molecule has 0 atom stereocenters. The van der Waals surface area contributed by atoms with E-state index >= 15 is 0 Å². The topological polar surface area (TPSA) is 37.3 Å². The molecule has 0 aliphatic heterocycles. The Morgan fingerprint density at radius 2 is 1.93 bits per heavy atom. The number of carbonyl (C=O) groups is 1. The maximum Gasteiger partial charge on any atom is 0.132 e. The standard InChI is InChI=1S/C12H13FO2/c13-12-7-10(15)5-6-11(12)8-1-3-9(14)4-2-8/h5-8,15H,1-4H2. The van der Waals surface area contributed by atoms with Gasteiger partial charge in [0, 0.05) is 18.9 Å². The summed E-state index contributed by atoms with van der Waals surface area (Å²) in [6.45, 7) is 0. The van der Waals surface area contributed by atoms with E-state index in [1.54, 1.807) is 6.07 Å². The van der Waals surface area contributed by atoms with E-state index in [4.69, 9.17) is 5.11 Å². The van der Waals surface area contributed by atoms with E-state index in [0.717, 1.165) is 18.9 Å². The molecule has 0 heterocycles. The van der Waals surface area contributed by atoms with Crippen molar-refractivity contribution in [1.82, 2.24) is 0 Å². The molecule has 15 heavy (non-hydrogen) atoms. The van der Waals surface area contributed by atoms with Gasteiger partial charge in [0.15, 0.2) is 0 Å². The smallest absolute Gasteiger partial charge is 0.132 e. The summed E-state index contributed by atoms with van der Waals surface area (Å²) in [5, 5.41) is 9.08. The molecule has 1 saturated carbocycles. The van der Waals surface area contributed by atoms with Crippen molar-refractivity contribution in [3.05, 3.63) is 29.6 Å². The van der Waals surface area contributed by atoms with Crippen LogP contribution < -0.4 is 0 Å². The fraction of sp³-hybridized carbons (Fsp3) is 0.417. The van der Waals surface area contributed by atoms with Crippen LogP contribution in [0.2, 0.25) is 0 Å². The molecule has 0 amide bonds. The van der Waals surface area contributed by atoms with Gasteiger partial charge in [0.2, 0.25) is 0 Å². The average molecular weight is 208 g/mol. The molecular formula is C12H13FO2. The molecule has 0 radical (unpaired) electrons. The van der Waals surface area contributed by atoms with Crippen LogP contribution in [0.5, 0.6) is 5.75 Å². The zero-order chi connectivity index (χ0) is 10.8. The first-order valence-electron chi connectivity index (χ1n) is 5.17. The van der Waals surface area contributed by atoms with Crippen molar-refractivity contribution >= 4 is 5.78 Å². The predicted molar refractivity (Wildman–Crippen MR) is 54.3 cm³/mol. The van der Waals surface area contributed by atoms with Gasteiger partial charge >= 0.3 is 0 Å². The lowest BCUT2D eigenvalue weighted by Gasteiger charge is -2.21. The van der Waals surface area contributed by atoms with E-state index < -0.39 is 0 Å². The minimum atomic E-state index is -0.366. The van der Waals surface area contributed by atoms with Crippen LogP contribution in [-0.4, -0.2) is 10.9 Å². The summed E-state index contributed by atoms with van der Waals surface area (Å²) in [5.74, 6) is -0.0220. The normalized spacial score (nSPS) is 18.1. The number of hydrogen-bond acceptors (Lipinski definition) is 2. The summed E-state index contributed by atoms with van der Waals surface area (Å²) in [6.07, 6.45) is 2.54. The monoisotopic (exact) mass is 208 g/mol. The van der Waals surface area contributed by atoms with Crippen molar-refractivity contribution in [2.24, 2.45) is 0 Å². The second-order valence-corrected chi connectivity index (χ2v) is 4.02. The molecule has 1 aromatic rings. The van der Waals surface area contributed by atoms with Crippen LogP contribution in [0.1, 0.15) is 37.2 Å². The van der Waals surface area contributed by atoms with Crippen molar-refractivity contribution in [3.63, 3.8) is 0 Å². The highest BCUT2D eigenvalue weighted by Gasteiger charge is 2.22. The minimum Gasteiger partial charge on any atom is -0.508 e. The van der Waals surface area contributed by atoms with Crippen molar-refractivity contribution in [2.75, 3.05) is 0 Å². The van der Waals surface area contributed by atoms with Crippen LogP contribution in [-0.2, 0) is 4.79 Å². The average Bonchev–Trinajstić information content (AvgIpc) is 2.20. The van der Waals surface area contributed by atoms with E-state index in [0.29, 0.717) is 18.4 Å². The second kappa shape index (κ2) is 4.01. The van der Waals surface area contributed by atoms with Crippen LogP contribution in [0.4, 0.5) is 4.39 Å². The molecule has 0 spiro atoms. The molecule has 0 saturated heterocycles. The SMILES string of the molecule is O=C1CCC(c2ccc(O)cc2F)CC1. The first kappa shape index (κ1) is 10.1. The van der Waals surface area contributed by atoms with E-state index in [9.17, 15) is 9.18 Å². The third-order valence-electron chi connectivity index (χ3n) is 2.97. The molecule has 0 aromatic heterocycles. The molecule has 3 heteroatoms. The van der Waals surface area contributed by atoms with Gasteiger partial charge in [-0.2, -0.15) is 0 Å². The van der Waals surface area contributed by atoms with Gasteiger partial charge in [-0.3, -0.25) is 4.79 Å². The number of carbonyl (C=O) groups excluding carboxylic acids is 1. The summed E-state index contributed by atoms with van der Waals surface area (Å²) in [5.41, 5.74) is 0.625. The maximum absolute atomic E-state index is 13.5. The molecule has 1 aliphatic carbocycles. The Kier molecular flexibility index (Phi) is 2.71. The fourth-order valence-electron chi connectivity index (χ4n) is 2.10. The van der Waals surface area contributed by atoms with Crippen molar-refractivity contribution in [1.29, 1.82) is 0 Å². The minimum absolute atomic E-state index is 0.0527. The summed E-state index contributed by atoms with van der Waals surface area (Å²) in [4.78, 5) is 11.0. The van der Waals surface area contributed by atoms with E-state index in [1.165, 1.54) is 6.07 Å². The Balaban J connectivity index is 2.19. The number of phenols is 1. The molecule has 80 valence electrons. The third-order valence-corrected chi connectivity index (χ3v) is 2.97. The first-order chi connectivity index (χ1) is 7.16. The quantitative estimate of drug-likeness (QED) is 0.770. The number of rotatable bonds is 1. The molecule has 0 bridgehead atoms. The molecule has 2 rings (SSSR count). The number of halogens is 1. The first-order valence-corrected chi connectivity index (χ1v) is 5.17. The summed E-state index contributed by atoms with van der Waals surface area (Å²) in [7, 11) is 0. The molecule has 1 aromatic carbocycles. The molecule has 2 nitrogen and oxygen atoms in total. The van der Waals surface area contributed by atoms with Crippen LogP contribution >= 0.6 is 0 Å². The highest BCUT2D eigenvalue weighted by atomic mass is 19.1. The van der Waals surface area contributed by atoms with Crippen molar-refractivity contribution < 1.29 is 14.3 Å². The maximum atomic E-state index is 13.5. The molecule has 1 fully saturated rings. The van der Waals surface area contributed by atoms with E-state index in [1.807, 2.05) is 0 Å². The zero-order valence-electron chi connectivity index (χ0n) is 8.37. The van der Waals surface area contributed by atoms with Gasteiger partial charge in [-0.05, 0) is 30.4 Å². The van der Waals surface area contributed by atoms with Crippen LogP contribution in [0, 0.1) is 5.82 Å². The number of phenolic OH excluding ortho intramolecular Hbond substituents is 1. The Bertz CT molecular complexity index is 377. The molecule has 1 aliphatic rings. The summed E-state index contributed by atoms with van der Waals surface area (Å²) >= 11 is 0. The van der Waals surface area contributed by atoms with Gasteiger partial charge < -0.3 is 5.11 Å². The van der Waals surface area contributed by atoms with Gasteiger partial charge in [0.1, 0.15) is 17.3 Å².